The molecule has 0 unspecified atom stereocenters. The number of thiophene rings is 1. The van der Waals surface area contributed by atoms with Crippen LogP contribution in [0, 0.1) is 0 Å². The number of para-hydroxylation sites is 2. The molecular formula is C55H34N4S. The van der Waals surface area contributed by atoms with Gasteiger partial charge in [-0.25, -0.2) is 15.0 Å². The Bertz CT molecular complexity index is 3540. The molecule has 3 aromatic heterocycles. The fraction of sp³-hybridized carbons (Fsp3) is 0. The number of hydrogen-bond donors (Lipinski definition) is 0. The first kappa shape index (κ1) is 34.3. The van der Waals surface area contributed by atoms with E-state index in [1.165, 1.54) is 52.8 Å². The van der Waals surface area contributed by atoms with Gasteiger partial charge in [-0.15, -0.1) is 11.3 Å². The molecule has 0 bridgehead atoms. The van der Waals surface area contributed by atoms with Gasteiger partial charge in [-0.2, -0.15) is 0 Å². The Hall–Kier alpha value is -7.73. The van der Waals surface area contributed by atoms with Crippen molar-refractivity contribution in [2.24, 2.45) is 0 Å². The van der Waals surface area contributed by atoms with E-state index in [9.17, 15) is 0 Å². The van der Waals surface area contributed by atoms with E-state index >= 15 is 0 Å². The summed E-state index contributed by atoms with van der Waals surface area (Å²) in [5, 5.41) is 7.42. The predicted molar refractivity (Wildman–Crippen MR) is 252 cm³/mol. The van der Waals surface area contributed by atoms with E-state index < -0.39 is 0 Å². The summed E-state index contributed by atoms with van der Waals surface area (Å²) in [5.41, 5.74) is 10.6. The van der Waals surface area contributed by atoms with E-state index in [1.807, 2.05) is 29.5 Å². The van der Waals surface area contributed by atoms with Gasteiger partial charge in [0.25, 0.3) is 0 Å². The topological polar surface area (TPSA) is 43.6 Å². The van der Waals surface area contributed by atoms with Crippen LogP contribution in [0.25, 0.3) is 115 Å². The first-order chi connectivity index (χ1) is 29.7. The zero-order valence-electron chi connectivity index (χ0n) is 32.3. The Morgan fingerprint density at radius 3 is 1.63 bits per heavy atom. The third-order valence-electron chi connectivity index (χ3n) is 11.7. The number of hydrogen-bond acceptors (Lipinski definition) is 4. The van der Waals surface area contributed by atoms with E-state index in [4.69, 9.17) is 15.0 Å². The Kier molecular flexibility index (Phi) is 8.00. The van der Waals surface area contributed by atoms with Crippen LogP contribution >= 0.6 is 11.3 Å². The smallest absolute Gasteiger partial charge is 0.166 e. The molecule has 9 aromatic carbocycles. The Morgan fingerprint density at radius 2 is 0.867 bits per heavy atom. The van der Waals surface area contributed by atoms with E-state index in [0.717, 1.165) is 44.5 Å². The molecule has 0 aliphatic carbocycles. The summed E-state index contributed by atoms with van der Waals surface area (Å²) in [6.45, 7) is 0. The number of rotatable bonds is 6. The lowest BCUT2D eigenvalue weighted by Crippen LogP contribution is -2.04. The van der Waals surface area contributed by atoms with Gasteiger partial charge in [-0.05, 0) is 69.4 Å². The van der Waals surface area contributed by atoms with E-state index in [2.05, 4.69) is 193 Å². The molecule has 0 saturated heterocycles. The molecule has 0 fully saturated rings. The molecule has 0 spiro atoms. The first-order valence-corrected chi connectivity index (χ1v) is 21.0. The number of aromatic nitrogens is 4. The third kappa shape index (κ3) is 5.70. The van der Waals surface area contributed by atoms with Gasteiger partial charge in [0.05, 0.1) is 16.7 Å². The molecule has 0 N–H and O–H groups in total. The van der Waals surface area contributed by atoms with Crippen LogP contribution in [-0.2, 0) is 0 Å². The van der Waals surface area contributed by atoms with Crippen LogP contribution in [-0.4, -0.2) is 19.5 Å². The second-order valence-corrected chi connectivity index (χ2v) is 16.3. The summed E-state index contributed by atoms with van der Waals surface area (Å²) in [4.78, 5) is 15.7. The van der Waals surface area contributed by atoms with Crippen LogP contribution in [0.5, 0.6) is 0 Å². The van der Waals surface area contributed by atoms with E-state index in [-0.39, 0.29) is 0 Å². The maximum Gasteiger partial charge on any atom is 0.166 e. The lowest BCUT2D eigenvalue weighted by molar-refractivity contribution is 1.06. The highest BCUT2D eigenvalue weighted by Crippen LogP contribution is 2.40. The summed E-state index contributed by atoms with van der Waals surface area (Å²) in [6, 6.07) is 73.4. The van der Waals surface area contributed by atoms with Gasteiger partial charge in [0.1, 0.15) is 0 Å². The number of fused-ring (bicyclic) bond motifs is 7. The first-order valence-electron chi connectivity index (χ1n) is 20.2. The molecule has 0 radical (unpaired) electrons. The van der Waals surface area contributed by atoms with Crippen LogP contribution in [0.3, 0.4) is 0 Å². The normalized spacial score (nSPS) is 11.7. The van der Waals surface area contributed by atoms with E-state index in [0.29, 0.717) is 17.5 Å². The van der Waals surface area contributed by atoms with Crippen molar-refractivity contribution in [3.05, 3.63) is 206 Å². The molecule has 5 heteroatoms. The van der Waals surface area contributed by atoms with Crippen molar-refractivity contribution in [2.45, 2.75) is 0 Å². The van der Waals surface area contributed by atoms with Crippen molar-refractivity contribution in [2.75, 3.05) is 0 Å². The highest BCUT2D eigenvalue weighted by Gasteiger charge is 2.21. The molecule has 0 atom stereocenters. The monoisotopic (exact) mass is 782 g/mol. The minimum Gasteiger partial charge on any atom is -0.308 e. The molecule has 0 aliphatic heterocycles. The minimum atomic E-state index is 0.611. The van der Waals surface area contributed by atoms with Crippen LogP contribution in [0.4, 0.5) is 0 Å². The zero-order chi connectivity index (χ0) is 39.6. The fourth-order valence-electron chi connectivity index (χ4n) is 8.79. The number of nitrogens with zero attached hydrogens (tertiary/aromatic N) is 4. The molecule has 3 heterocycles. The lowest BCUT2D eigenvalue weighted by atomic mass is 9.96. The lowest BCUT2D eigenvalue weighted by Gasteiger charge is -2.17. The van der Waals surface area contributed by atoms with Crippen molar-refractivity contribution in [1.29, 1.82) is 0 Å². The molecule has 280 valence electrons. The molecule has 0 amide bonds. The van der Waals surface area contributed by atoms with Gasteiger partial charge >= 0.3 is 0 Å². The average Bonchev–Trinajstić information content (AvgIpc) is 3.87. The SMILES string of the molecule is c1ccc(-c2nc(-c3ccc(-c4ccc5c(c4)sc4ccccc45)cc3)nc(-c3ccc(-c4cccc5ccccc45)cc3-n3c4ccccc4c4ccccc43)n2)cc1. The summed E-state index contributed by atoms with van der Waals surface area (Å²) in [6.07, 6.45) is 0. The van der Waals surface area contributed by atoms with Gasteiger partial charge in [0.15, 0.2) is 17.5 Å². The maximum atomic E-state index is 5.32. The highest BCUT2D eigenvalue weighted by molar-refractivity contribution is 7.25. The molecule has 0 aliphatic rings. The highest BCUT2D eigenvalue weighted by atomic mass is 32.1. The van der Waals surface area contributed by atoms with Crippen LogP contribution in [0.15, 0.2) is 206 Å². The predicted octanol–water partition coefficient (Wildman–Crippen LogP) is 14.8. The molecular weight excluding hydrogens is 749 g/mol. The van der Waals surface area contributed by atoms with Crippen molar-refractivity contribution in [1.82, 2.24) is 19.5 Å². The van der Waals surface area contributed by atoms with Crippen LogP contribution in [0.2, 0.25) is 0 Å². The quantitative estimate of drug-likeness (QED) is 0.169. The fourth-order valence-corrected chi connectivity index (χ4v) is 9.94. The summed E-state index contributed by atoms with van der Waals surface area (Å²) >= 11 is 1.84. The van der Waals surface area contributed by atoms with E-state index in [1.54, 1.807) is 0 Å². The Balaban J connectivity index is 1.05. The molecule has 0 saturated carbocycles. The van der Waals surface area contributed by atoms with Gasteiger partial charge in [0.2, 0.25) is 0 Å². The van der Waals surface area contributed by atoms with Gasteiger partial charge in [-0.3, -0.25) is 0 Å². The van der Waals surface area contributed by atoms with Crippen molar-refractivity contribution >= 4 is 64.1 Å². The Labute approximate surface area is 350 Å². The van der Waals surface area contributed by atoms with Gasteiger partial charge < -0.3 is 4.57 Å². The van der Waals surface area contributed by atoms with Crippen LogP contribution in [0.1, 0.15) is 0 Å². The Morgan fingerprint density at radius 1 is 0.317 bits per heavy atom. The molecule has 4 nitrogen and oxygen atoms in total. The number of benzene rings is 9. The average molecular weight is 783 g/mol. The van der Waals surface area contributed by atoms with Crippen molar-refractivity contribution in [3.8, 4) is 62.1 Å². The van der Waals surface area contributed by atoms with Gasteiger partial charge in [0, 0.05) is 47.6 Å². The maximum absolute atomic E-state index is 5.32. The van der Waals surface area contributed by atoms with Crippen molar-refractivity contribution in [3.63, 3.8) is 0 Å². The summed E-state index contributed by atoms with van der Waals surface area (Å²) in [5.74, 6) is 1.86. The van der Waals surface area contributed by atoms with Gasteiger partial charge in [-0.1, -0.05) is 170 Å². The summed E-state index contributed by atoms with van der Waals surface area (Å²) < 4.78 is 4.98. The molecule has 12 rings (SSSR count). The second kappa shape index (κ2) is 14.0. The summed E-state index contributed by atoms with van der Waals surface area (Å²) in [7, 11) is 0. The molecule has 12 aromatic rings. The zero-order valence-corrected chi connectivity index (χ0v) is 33.1. The van der Waals surface area contributed by atoms with Crippen LogP contribution < -0.4 is 0 Å². The second-order valence-electron chi connectivity index (χ2n) is 15.2. The third-order valence-corrected chi connectivity index (χ3v) is 12.8. The molecule has 60 heavy (non-hydrogen) atoms. The van der Waals surface area contributed by atoms with Crippen molar-refractivity contribution < 1.29 is 0 Å². The standard InChI is InChI=1S/C55H34N4S/c1-2-14-37(15-3-1)53-56-54(38-27-25-35(26-28-38)39-29-31-46-45-20-8-11-24-51(45)60-52(46)34-39)58-55(57-53)47-32-30-40(42-21-12-16-36-13-4-5-17-41(36)42)33-50(47)59-48-22-9-6-18-43(48)44-19-7-10-23-49(44)59/h1-34H. The minimum absolute atomic E-state index is 0.611. The largest absolute Gasteiger partial charge is 0.308 e.